The number of nitrogens with one attached hydrogen (secondary N) is 1. The van der Waals surface area contributed by atoms with Gasteiger partial charge in [-0.05, 0) is 37.8 Å². The third-order valence-electron chi connectivity index (χ3n) is 2.46. The molecule has 1 N–H and O–H groups in total. The standard InChI is InChI=1S/C12H16N2/c1-3-4-11-12(7-9(2)14-11)13-8-10-5-6-10/h3-4,7,10,14H,1,5-6,8H2,2H3/b11-4+,13-12?. The summed E-state index contributed by atoms with van der Waals surface area (Å²) in [6.45, 7) is 6.73. The van der Waals surface area contributed by atoms with Crippen molar-refractivity contribution in [2.45, 2.75) is 19.8 Å². The van der Waals surface area contributed by atoms with Gasteiger partial charge in [-0.2, -0.15) is 0 Å². The summed E-state index contributed by atoms with van der Waals surface area (Å²) in [6.07, 6.45) is 8.57. The third kappa shape index (κ3) is 2.13. The number of aliphatic imine (C=N–C) groups is 1. The van der Waals surface area contributed by atoms with E-state index in [0.29, 0.717) is 0 Å². The maximum absolute atomic E-state index is 4.60. The van der Waals surface area contributed by atoms with Gasteiger partial charge < -0.3 is 5.32 Å². The fraction of sp³-hybridized carbons (Fsp3) is 0.417. The molecule has 1 aliphatic carbocycles. The van der Waals surface area contributed by atoms with Crippen LogP contribution in [0.1, 0.15) is 19.8 Å². The van der Waals surface area contributed by atoms with E-state index in [1.807, 2.05) is 6.08 Å². The molecule has 0 radical (unpaired) electrons. The van der Waals surface area contributed by atoms with Crippen molar-refractivity contribution >= 4 is 5.71 Å². The average Bonchev–Trinajstić information content (AvgIpc) is 2.90. The summed E-state index contributed by atoms with van der Waals surface area (Å²) in [5.74, 6) is 0.849. The Balaban J connectivity index is 2.09. The van der Waals surface area contributed by atoms with Crippen LogP contribution in [0, 0.1) is 5.92 Å². The van der Waals surface area contributed by atoms with Gasteiger partial charge in [-0.3, -0.25) is 4.99 Å². The first-order valence-corrected chi connectivity index (χ1v) is 5.12. The molecular weight excluding hydrogens is 172 g/mol. The van der Waals surface area contributed by atoms with Crippen LogP contribution in [-0.4, -0.2) is 12.3 Å². The van der Waals surface area contributed by atoms with E-state index in [9.17, 15) is 0 Å². The SMILES string of the molecule is C=C/C=C1/NC(C)=CC1=NCC1CC1. The predicted molar refractivity (Wildman–Crippen MR) is 60.2 cm³/mol. The zero-order valence-corrected chi connectivity index (χ0v) is 8.59. The highest BCUT2D eigenvalue weighted by Crippen LogP contribution is 2.29. The molecule has 0 atom stereocenters. The van der Waals surface area contributed by atoms with Crippen LogP contribution in [-0.2, 0) is 0 Å². The molecule has 1 heterocycles. The van der Waals surface area contributed by atoms with E-state index in [2.05, 4.69) is 29.9 Å². The van der Waals surface area contributed by atoms with Gasteiger partial charge in [0.05, 0.1) is 11.4 Å². The second-order valence-electron chi connectivity index (χ2n) is 3.94. The van der Waals surface area contributed by atoms with E-state index in [4.69, 9.17) is 0 Å². The van der Waals surface area contributed by atoms with Gasteiger partial charge in [-0.1, -0.05) is 12.7 Å². The van der Waals surface area contributed by atoms with E-state index in [-0.39, 0.29) is 0 Å². The minimum atomic E-state index is 0.849. The van der Waals surface area contributed by atoms with Crippen molar-refractivity contribution in [1.29, 1.82) is 0 Å². The van der Waals surface area contributed by atoms with Gasteiger partial charge in [-0.25, -0.2) is 0 Å². The van der Waals surface area contributed by atoms with Crippen molar-refractivity contribution in [1.82, 2.24) is 5.32 Å². The molecule has 0 aromatic rings. The quantitative estimate of drug-likeness (QED) is 0.722. The fourth-order valence-electron chi connectivity index (χ4n) is 1.50. The zero-order chi connectivity index (χ0) is 9.97. The molecule has 14 heavy (non-hydrogen) atoms. The molecule has 0 bridgehead atoms. The molecule has 1 fully saturated rings. The molecular formula is C12H16N2. The van der Waals surface area contributed by atoms with Crippen molar-refractivity contribution in [3.63, 3.8) is 0 Å². The average molecular weight is 188 g/mol. The topological polar surface area (TPSA) is 24.4 Å². The van der Waals surface area contributed by atoms with E-state index in [1.165, 1.54) is 12.8 Å². The second-order valence-corrected chi connectivity index (χ2v) is 3.94. The van der Waals surface area contributed by atoms with Gasteiger partial charge in [0, 0.05) is 12.2 Å². The monoisotopic (exact) mass is 188 g/mol. The first-order chi connectivity index (χ1) is 6.79. The Morgan fingerprint density at radius 2 is 2.43 bits per heavy atom. The largest absolute Gasteiger partial charge is 0.357 e. The highest BCUT2D eigenvalue weighted by molar-refractivity contribution is 6.11. The van der Waals surface area contributed by atoms with Gasteiger partial charge in [0.25, 0.3) is 0 Å². The lowest BCUT2D eigenvalue weighted by Crippen LogP contribution is -2.08. The lowest BCUT2D eigenvalue weighted by molar-refractivity contribution is 0.848. The molecule has 0 unspecified atom stereocenters. The zero-order valence-electron chi connectivity index (χ0n) is 8.59. The summed E-state index contributed by atoms with van der Waals surface area (Å²) < 4.78 is 0. The molecule has 2 aliphatic rings. The first kappa shape index (κ1) is 9.25. The van der Waals surface area contributed by atoms with Crippen LogP contribution in [0.5, 0.6) is 0 Å². The number of hydrogen-bond acceptors (Lipinski definition) is 2. The molecule has 1 aliphatic heterocycles. The summed E-state index contributed by atoms with van der Waals surface area (Å²) in [6, 6.07) is 0. The Morgan fingerprint density at radius 3 is 3.07 bits per heavy atom. The summed E-state index contributed by atoms with van der Waals surface area (Å²) in [7, 11) is 0. The van der Waals surface area contributed by atoms with E-state index in [1.54, 1.807) is 6.08 Å². The summed E-state index contributed by atoms with van der Waals surface area (Å²) in [4.78, 5) is 4.60. The number of nitrogens with zero attached hydrogens (tertiary/aromatic N) is 1. The first-order valence-electron chi connectivity index (χ1n) is 5.12. The van der Waals surface area contributed by atoms with Crippen LogP contribution in [0.3, 0.4) is 0 Å². The van der Waals surface area contributed by atoms with Crippen LogP contribution in [0.15, 0.2) is 41.2 Å². The minimum absolute atomic E-state index is 0.849. The number of rotatable bonds is 3. The summed E-state index contributed by atoms with van der Waals surface area (Å²) in [5, 5.41) is 3.27. The summed E-state index contributed by atoms with van der Waals surface area (Å²) >= 11 is 0. The molecule has 0 saturated heterocycles. The molecule has 2 rings (SSSR count). The molecule has 0 amide bonds. The van der Waals surface area contributed by atoms with Crippen LogP contribution in [0.25, 0.3) is 0 Å². The summed E-state index contributed by atoms with van der Waals surface area (Å²) in [5.41, 5.74) is 3.32. The van der Waals surface area contributed by atoms with Crippen LogP contribution in [0.2, 0.25) is 0 Å². The molecule has 1 saturated carbocycles. The van der Waals surface area contributed by atoms with Crippen molar-refractivity contribution < 1.29 is 0 Å². The lowest BCUT2D eigenvalue weighted by Gasteiger charge is -2.00. The van der Waals surface area contributed by atoms with E-state index >= 15 is 0 Å². The molecule has 0 aromatic heterocycles. The normalized spacial score (nSPS) is 26.5. The Bertz CT molecular complexity index is 330. The third-order valence-corrected chi connectivity index (χ3v) is 2.46. The van der Waals surface area contributed by atoms with Crippen molar-refractivity contribution in [2.24, 2.45) is 10.9 Å². The second kappa shape index (κ2) is 3.82. The fourth-order valence-corrected chi connectivity index (χ4v) is 1.50. The Hall–Kier alpha value is -1.31. The Kier molecular flexibility index (Phi) is 2.53. The van der Waals surface area contributed by atoms with Gasteiger partial charge >= 0.3 is 0 Å². The molecule has 2 nitrogen and oxygen atoms in total. The molecule has 0 spiro atoms. The molecule has 74 valence electrons. The molecule has 2 heteroatoms. The number of allylic oxidation sites excluding steroid dienone is 4. The highest BCUT2D eigenvalue weighted by atomic mass is 15.0. The van der Waals surface area contributed by atoms with Crippen molar-refractivity contribution in [2.75, 3.05) is 6.54 Å². The van der Waals surface area contributed by atoms with Crippen LogP contribution in [0.4, 0.5) is 0 Å². The van der Waals surface area contributed by atoms with Gasteiger partial charge in [-0.15, -0.1) is 0 Å². The lowest BCUT2D eigenvalue weighted by atomic mass is 10.2. The molecule has 0 aromatic carbocycles. The van der Waals surface area contributed by atoms with Crippen LogP contribution < -0.4 is 5.32 Å². The maximum atomic E-state index is 4.60. The van der Waals surface area contributed by atoms with E-state index < -0.39 is 0 Å². The van der Waals surface area contributed by atoms with Gasteiger partial charge in [0.2, 0.25) is 0 Å². The van der Waals surface area contributed by atoms with Gasteiger partial charge in [0.15, 0.2) is 0 Å². The highest BCUT2D eigenvalue weighted by Gasteiger charge is 2.21. The van der Waals surface area contributed by atoms with Crippen molar-refractivity contribution in [3.8, 4) is 0 Å². The maximum Gasteiger partial charge on any atom is 0.0826 e. The Labute approximate surface area is 85.1 Å². The minimum Gasteiger partial charge on any atom is -0.357 e. The Morgan fingerprint density at radius 1 is 1.64 bits per heavy atom. The smallest absolute Gasteiger partial charge is 0.0826 e. The van der Waals surface area contributed by atoms with E-state index in [0.717, 1.165) is 29.6 Å². The predicted octanol–water partition coefficient (Wildman–Crippen LogP) is 2.41. The van der Waals surface area contributed by atoms with Gasteiger partial charge in [0.1, 0.15) is 0 Å². The van der Waals surface area contributed by atoms with Crippen molar-refractivity contribution in [3.05, 3.63) is 36.2 Å². The number of hydrogen-bond donors (Lipinski definition) is 1. The van der Waals surface area contributed by atoms with Crippen LogP contribution >= 0.6 is 0 Å².